The molecule has 1 aromatic heterocycles. The number of carbonyl (C=O) groups is 2. The standard InChI is InChI=1S/C12H15N3O3/c1-7-5-14-10(6-13-7)11(16)15-9(12(17)18)4-8-2-3-8/h5-6,8-9H,2-4H2,1H3,(H,15,16)(H,17,18). The van der Waals surface area contributed by atoms with Gasteiger partial charge in [-0.2, -0.15) is 0 Å². The molecule has 1 aromatic rings. The summed E-state index contributed by atoms with van der Waals surface area (Å²) in [5, 5.41) is 11.5. The molecule has 6 nitrogen and oxygen atoms in total. The minimum atomic E-state index is -1.00. The van der Waals surface area contributed by atoms with Crippen LogP contribution in [0.3, 0.4) is 0 Å². The van der Waals surface area contributed by atoms with E-state index in [0.717, 1.165) is 12.8 Å². The van der Waals surface area contributed by atoms with Gasteiger partial charge in [-0.25, -0.2) is 9.78 Å². The predicted molar refractivity (Wildman–Crippen MR) is 63.0 cm³/mol. The first-order valence-electron chi connectivity index (χ1n) is 5.88. The summed E-state index contributed by atoms with van der Waals surface area (Å²) in [6, 6.07) is -0.840. The zero-order valence-corrected chi connectivity index (χ0v) is 10.1. The molecule has 1 unspecified atom stereocenters. The molecule has 0 saturated heterocycles. The van der Waals surface area contributed by atoms with Crippen LogP contribution < -0.4 is 5.32 Å². The summed E-state index contributed by atoms with van der Waals surface area (Å²) < 4.78 is 0. The second kappa shape index (κ2) is 5.12. The van der Waals surface area contributed by atoms with Crippen molar-refractivity contribution in [3.05, 3.63) is 23.8 Å². The summed E-state index contributed by atoms with van der Waals surface area (Å²) in [6.45, 7) is 1.77. The van der Waals surface area contributed by atoms with Crippen molar-refractivity contribution in [2.24, 2.45) is 5.92 Å². The number of amides is 1. The van der Waals surface area contributed by atoms with Crippen LogP contribution in [0, 0.1) is 12.8 Å². The number of hydrogen-bond acceptors (Lipinski definition) is 4. The number of hydrogen-bond donors (Lipinski definition) is 2. The summed E-state index contributed by atoms with van der Waals surface area (Å²) in [7, 11) is 0. The van der Waals surface area contributed by atoms with Gasteiger partial charge < -0.3 is 10.4 Å². The van der Waals surface area contributed by atoms with Gasteiger partial charge in [0, 0.05) is 6.20 Å². The van der Waals surface area contributed by atoms with E-state index in [4.69, 9.17) is 5.11 Å². The fourth-order valence-corrected chi connectivity index (χ4v) is 1.65. The summed E-state index contributed by atoms with van der Waals surface area (Å²) in [5.74, 6) is -1.07. The number of aromatic nitrogens is 2. The number of carboxylic acids is 1. The molecular weight excluding hydrogens is 234 g/mol. The smallest absolute Gasteiger partial charge is 0.326 e. The molecular formula is C12H15N3O3. The second-order valence-electron chi connectivity index (χ2n) is 4.59. The number of nitrogens with one attached hydrogen (secondary N) is 1. The maximum Gasteiger partial charge on any atom is 0.326 e. The second-order valence-corrected chi connectivity index (χ2v) is 4.59. The van der Waals surface area contributed by atoms with Crippen molar-refractivity contribution >= 4 is 11.9 Å². The Bertz CT molecular complexity index is 454. The first-order chi connectivity index (χ1) is 8.56. The van der Waals surface area contributed by atoms with E-state index in [2.05, 4.69) is 15.3 Å². The lowest BCUT2D eigenvalue weighted by molar-refractivity contribution is -0.139. The highest BCUT2D eigenvalue weighted by atomic mass is 16.4. The van der Waals surface area contributed by atoms with Crippen LogP contribution in [0.2, 0.25) is 0 Å². The molecule has 1 fully saturated rings. The van der Waals surface area contributed by atoms with Crippen molar-refractivity contribution in [3.63, 3.8) is 0 Å². The number of nitrogens with zero attached hydrogens (tertiary/aromatic N) is 2. The lowest BCUT2D eigenvalue weighted by Crippen LogP contribution is -2.41. The number of rotatable bonds is 5. The van der Waals surface area contributed by atoms with E-state index in [9.17, 15) is 9.59 Å². The number of carbonyl (C=O) groups excluding carboxylic acids is 1. The van der Waals surface area contributed by atoms with Crippen LogP contribution in [-0.4, -0.2) is 33.0 Å². The highest BCUT2D eigenvalue weighted by Crippen LogP contribution is 2.33. The molecule has 0 radical (unpaired) electrons. The van der Waals surface area contributed by atoms with Gasteiger partial charge in [-0.15, -0.1) is 0 Å². The molecule has 1 aliphatic carbocycles. The first kappa shape index (κ1) is 12.5. The Morgan fingerprint density at radius 1 is 1.44 bits per heavy atom. The van der Waals surface area contributed by atoms with E-state index >= 15 is 0 Å². The Labute approximate surface area is 104 Å². The van der Waals surface area contributed by atoms with Crippen molar-refractivity contribution in [1.29, 1.82) is 0 Å². The topological polar surface area (TPSA) is 92.2 Å². The number of aryl methyl sites for hydroxylation is 1. The third-order valence-electron chi connectivity index (χ3n) is 2.88. The van der Waals surface area contributed by atoms with Gasteiger partial charge in [0.25, 0.3) is 5.91 Å². The fraction of sp³-hybridized carbons (Fsp3) is 0.500. The van der Waals surface area contributed by atoms with E-state index in [-0.39, 0.29) is 5.69 Å². The zero-order valence-electron chi connectivity index (χ0n) is 10.1. The molecule has 1 atom stereocenters. The maximum absolute atomic E-state index is 11.8. The van der Waals surface area contributed by atoms with E-state index in [1.165, 1.54) is 12.4 Å². The Balaban J connectivity index is 1.99. The van der Waals surface area contributed by atoms with Crippen LogP contribution in [0.5, 0.6) is 0 Å². The Kier molecular flexibility index (Phi) is 3.55. The predicted octanol–water partition coefficient (Wildman–Crippen LogP) is 0.768. The maximum atomic E-state index is 11.8. The van der Waals surface area contributed by atoms with Gasteiger partial charge in [0.05, 0.1) is 11.9 Å². The molecule has 2 N–H and O–H groups in total. The molecule has 1 aliphatic rings. The molecule has 1 amide bonds. The van der Waals surface area contributed by atoms with Gasteiger partial charge in [0.15, 0.2) is 0 Å². The SMILES string of the molecule is Cc1cnc(C(=O)NC(CC2CC2)C(=O)O)cn1. The van der Waals surface area contributed by atoms with Crippen LogP contribution in [0.1, 0.15) is 35.4 Å². The van der Waals surface area contributed by atoms with Gasteiger partial charge in [0.2, 0.25) is 0 Å². The third kappa shape index (κ3) is 3.26. The van der Waals surface area contributed by atoms with Crippen molar-refractivity contribution in [1.82, 2.24) is 15.3 Å². The summed E-state index contributed by atoms with van der Waals surface area (Å²) >= 11 is 0. The lowest BCUT2D eigenvalue weighted by atomic mass is 10.1. The molecule has 0 aromatic carbocycles. The molecule has 6 heteroatoms. The van der Waals surface area contributed by atoms with Gasteiger partial charge in [-0.1, -0.05) is 12.8 Å². The molecule has 18 heavy (non-hydrogen) atoms. The first-order valence-corrected chi connectivity index (χ1v) is 5.88. The fourth-order valence-electron chi connectivity index (χ4n) is 1.65. The lowest BCUT2D eigenvalue weighted by Gasteiger charge is -2.13. The summed E-state index contributed by atoms with van der Waals surface area (Å²) in [5.41, 5.74) is 0.849. The van der Waals surface area contributed by atoms with Crippen molar-refractivity contribution in [2.75, 3.05) is 0 Å². The minimum Gasteiger partial charge on any atom is -0.480 e. The third-order valence-corrected chi connectivity index (χ3v) is 2.88. The summed E-state index contributed by atoms with van der Waals surface area (Å²) in [4.78, 5) is 30.7. The summed E-state index contributed by atoms with van der Waals surface area (Å²) in [6.07, 6.45) is 5.40. The van der Waals surface area contributed by atoms with E-state index in [0.29, 0.717) is 18.0 Å². The highest BCUT2D eigenvalue weighted by molar-refractivity contribution is 5.94. The molecule has 96 valence electrons. The van der Waals surface area contributed by atoms with Gasteiger partial charge in [-0.3, -0.25) is 9.78 Å². The van der Waals surface area contributed by atoms with Crippen molar-refractivity contribution in [3.8, 4) is 0 Å². The van der Waals surface area contributed by atoms with E-state index in [1.807, 2.05) is 0 Å². The molecule has 0 spiro atoms. The molecule has 1 saturated carbocycles. The highest BCUT2D eigenvalue weighted by Gasteiger charge is 2.30. The molecule has 2 rings (SSSR count). The molecule has 1 heterocycles. The average molecular weight is 249 g/mol. The molecule has 0 aliphatic heterocycles. The van der Waals surface area contributed by atoms with Crippen LogP contribution in [-0.2, 0) is 4.79 Å². The van der Waals surface area contributed by atoms with Crippen LogP contribution >= 0.6 is 0 Å². The van der Waals surface area contributed by atoms with Crippen molar-refractivity contribution < 1.29 is 14.7 Å². The Hall–Kier alpha value is -1.98. The van der Waals surface area contributed by atoms with Crippen LogP contribution in [0.15, 0.2) is 12.4 Å². The van der Waals surface area contributed by atoms with E-state index < -0.39 is 17.9 Å². The largest absolute Gasteiger partial charge is 0.480 e. The molecule has 0 bridgehead atoms. The van der Waals surface area contributed by atoms with Gasteiger partial charge in [-0.05, 0) is 19.3 Å². The van der Waals surface area contributed by atoms with Crippen LogP contribution in [0.4, 0.5) is 0 Å². The minimum absolute atomic E-state index is 0.141. The Morgan fingerprint density at radius 3 is 2.67 bits per heavy atom. The Morgan fingerprint density at radius 2 is 2.17 bits per heavy atom. The zero-order chi connectivity index (χ0) is 13.1. The normalized spacial score (nSPS) is 16.1. The monoisotopic (exact) mass is 249 g/mol. The van der Waals surface area contributed by atoms with Gasteiger partial charge in [0.1, 0.15) is 11.7 Å². The quantitative estimate of drug-likeness (QED) is 0.804. The average Bonchev–Trinajstić information content (AvgIpc) is 3.12. The van der Waals surface area contributed by atoms with Crippen LogP contribution in [0.25, 0.3) is 0 Å². The van der Waals surface area contributed by atoms with Crippen molar-refractivity contribution in [2.45, 2.75) is 32.2 Å². The number of carboxylic acid groups (broad SMARTS) is 1. The van der Waals surface area contributed by atoms with Gasteiger partial charge >= 0.3 is 5.97 Å². The number of aliphatic carboxylic acids is 1. The van der Waals surface area contributed by atoms with E-state index in [1.54, 1.807) is 6.92 Å².